The van der Waals surface area contributed by atoms with Gasteiger partial charge in [0, 0.05) is 17.0 Å². The number of esters is 1. The third kappa shape index (κ3) is 5.84. The molecule has 0 amide bonds. The molecule has 0 aliphatic heterocycles. The van der Waals surface area contributed by atoms with E-state index in [-0.39, 0.29) is 35.2 Å². The van der Waals surface area contributed by atoms with Crippen LogP contribution in [0.3, 0.4) is 0 Å². The van der Waals surface area contributed by atoms with Gasteiger partial charge in [-0.05, 0) is 37.3 Å². The highest BCUT2D eigenvalue weighted by atomic mass is 35.5. The summed E-state index contributed by atoms with van der Waals surface area (Å²) in [6.45, 7) is 1.40. The standard InChI is InChI=1S/C20H18ClNO5S/c1-14(23)15-7-10-18(11-8-15)28(25,26)22-19-12-9-17(21)13-16(19)5-3-4-6-20(24)27-2/h7-13,22H,4,6H2,1-2H3. The van der Waals surface area contributed by atoms with Crippen LogP contribution in [-0.4, -0.2) is 27.3 Å². The van der Waals surface area contributed by atoms with E-state index in [1.54, 1.807) is 0 Å². The number of Topliss-reactive ketones (excluding diaryl/α,β-unsaturated/α-hetero) is 1. The van der Waals surface area contributed by atoms with Crippen LogP contribution in [0.2, 0.25) is 5.02 Å². The number of nitrogens with one attached hydrogen (secondary N) is 1. The summed E-state index contributed by atoms with van der Waals surface area (Å²) in [7, 11) is -2.59. The maximum Gasteiger partial charge on any atom is 0.306 e. The molecule has 0 heterocycles. The molecule has 1 N–H and O–H groups in total. The van der Waals surface area contributed by atoms with Gasteiger partial charge in [-0.3, -0.25) is 14.3 Å². The quantitative estimate of drug-likeness (QED) is 0.438. The Hall–Kier alpha value is -2.82. The monoisotopic (exact) mass is 419 g/mol. The van der Waals surface area contributed by atoms with Crippen LogP contribution in [0.5, 0.6) is 0 Å². The lowest BCUT2D eigenvalue weighted by atomic mass is 10.2. The van der Waals surface area contributed by atoms with Gasteiger partial charge < -0.3 is 4.74 Å². The molecular formula is C20H18ClNO5S. The van der Waals surface area contributed by atoms with Crippen molar-refractivity contribution < 1.29 is 22.7 Å². The number of hydrogen-bond donors (Lipinski definition) is 1. The third-order valence-corrected chi connectivity index (χ3v) is 5.32. The average Bonchev–Trinajstić information content (AvgIpc) is 2.66. The molecule has 28 heavy (non-hydrogen) atoms. The van der Waals surface area contributed by atoms with E-state index >= 15 is 0 Å². The first-order chi connectivity index (χ1) is 13.2. The molecule has 0 spiro atoms. The summed E-state index contributed by atoms with van der Waals surface area (Å²) in [5.41, 5.74) is 1.05. The van der Waals surface area contributed by atoms with Crippen LogP contribution >= 0.6 is 11.6 Å². The fourth-order valence-corrected chi connectivity index (χ4v) is 3.46. The van der Waals surface area contributed by atoms with E-state index in [2.05, 4.69) is 21.3 Å². The number of methoxy groups -OCH3 is 1. The van der Waals surface area contributed by atoms with Gasteiger partial charge in [0.2, 0.25) is 0 Å². The zero-order valence-corrected chi connectivity index (χ0v) is 16.9. The number of ketones is 1. The van der Waals surface area contributed by atoms with Gasteiger partial charge in [0.15, 0.2) is 5.78 Å². The maximum atomic E-state index is 12.6. The minimum absolute atomic E-state index is 0.0112. The van der Waals surface area contributed by atoms with Gasteiger partial charge >= 0.3 is 5.97 Å². The molecule has 0 unspecified atom stereocenters. The Labute approximate surface area is 168 Å². The highest BCUT2D eigenvalue weighted by molar-refractivity contribution is 7.92. The second kappa shape index (κ2) is 9.40. The molecule has 146 valence electrons. The fraction of sp³-hybridized carbons (Fsp3) is 0.200. The molecule has 0 aliphatic carbocycles. The Morgan fingerprint density at radius 3 is 2.43 bits per heavy atom. The van der Waals surface area contributed by atoms with Crippen molar-refractivity contribution in [2.45, 2.75) is 24.7 Å². The SMILES string of the molecule is COC(=O)CCC#Cc1cc(Cl)ccc1NS(=O)(=O)c1ccc(C(C)=O)cc1. The van der Waals surface area contributed by atoms with Crippen LogP contribution in [0.25, 0.3) is 0 Å². The summed E-state index contributed by atoms with van der Waals surface area (Å²) in [5, 5.41) is 0.394. The second-order valence-electron chi connectivity index (χ2n) is 5.75. The van der Waals surface area contributed by atoms with Gasteiger partial charge in [0.1, 0.15) is 0 Å². The molecule has 0 atom stereocenters. The predicted molar refractivity (Wildman–Crippen MR) is 107 cm³/mol. The topological polar surface area (TPSA) is 89.5 Å². The highest BCUT2D eigenvalue weighted by Crippen LogP contribution is 2.23. The van der Waals surface area contributed by atoms with Crippen molar-refractivity contribution in [2.24, 2.45) is 0 Å². The van der Waals surface area contributed by atoms with Crippen molar-refractivity contribution in [1.82, 2.24) is 0 Å². The Kier molecular flexibility index (Phi) is 7.21. The summed E-state index contributed by atoms with van der Waals surface area (Å²) < 4.78 is 32.3. The Balaban J connectivity index is 2.26. The van der Waals surface area contributed by atoms with E-state index in [1.807, 2.05) is 0 Å². The fourth-order valence-electron chi connectivity index (χ4n) is 2.21. The Morgan fingerprint density at radius 2 is 1.82 bits per heavy atom. The van der Waals surface area contributed by atoms with Crippen LogP contribution in [0.4, 0.5) is 5.69 Å². The van der Waals surface area contributed by atoms with Crippen molar-refractivity contribution in [3.63, 3.8) is 0 Å². The molecule has 0 aromatic heterocycles. The summed E-state index contributed by atoms with van der Waals surface area (Å²) in [6, 6.07) is 10.2. The zero-order chi connectivity index (χ0) is 20.7. The van der Waals surface area contributed by atoms with E-state index in [4.69, 9.17) is 11.6 Å². The molecule has 2 rings (SSSR count). The van der Waals surface area contributed by atoms with E-state index in [1.165, 1.54) is 56.5 Å². The molecule has 6 nitrogen and oxygen atoms in total. The number of benzene rings is 2. The minimum Gasteiger partial charge on any atom is -0.469 e. The first kappa shape index (κ1) is 21.5. The zero-order valence-electron chi connectivity index (χ0n) is 15.3. The Morgan fingerprint density at radius 1 is 1.14 bits per heavy atom. The lowest BCUT2D eigenvalue weighted by molar-refractivity contribution is -0.140. The maximum absolute atomic E-state index is 12.6. The van der Waals surface area contributed by atoms with Gasteiger partial charge in [0.05, 0.1) is 29.7 Å². The molecule has 0 saturated carbocycles. The van der Waals surface area contributed by atoms with Gasteiger partial charge in [-0.2, -0.15) is 0 Å². The second-order valence-corrected chi connectivity index (χ2v) is 7.87. The predicted octanol–water partition coefficient (Wildman–Crippen LogP) is 3.65. The summed E-state index contributed by atoms with van der Waals surface area (Å²) in [4.78, 5) is 22.5. The molecule has 2 aromatic carbocycles. The summed E-state index contributed by atoms with van der Waals surface area (Å²) in [6.07, 6.45) is 0.394. The van der Waals surface area contributed by atoms with Crippen molar-refractivity contribution in [2.75, 3.05) is 11.8 Å². The van der Waals surface area contributed by atoms with Crippen molar-refractivity contribution in [1.29, 1.82) is 0 Å². The minimum atomic E-state index is -3.89. The largest absolute Gasteiger partial charge is 0.469 e. The number of ether oxygens (including phenoxy) is 1. The van der Waals surface area contributed by atoms with Gasteiger partial charge in [0.25, 0.3) is 10.0 Å². The number of carbonyl (C=O) groups excluding carboxylic acids is 2. The number of halogens is 1. The molecule has 0 aliphatic rings. The number of anilines is 1. The van der Waals surface area contributed by atoms with E-state index in [0.29, 0.717) is 16.1 Å². The summed E-state index contributed by atoms with van der Waals surface area (Å²) >= 11 is 5.99. The molecule has 0 bridgehead atoms. The normalized spacial score (nSPS) is 10.5. The van der Waals surface area contributed by atoms with Crippen molar-refractivity contribution >= 4 is 39.1 Å². The van der Waals surface area contributed by atoms with Crippen LogP contribution in [-0.2, 0) is 19.6 Å². The first-order valence-corrected chi connectivity index (χ1v) is 10.1. The highest BCUT2D eigenvalue weighted by Gasteiger charge is 2.16. The number of rotatable bonds is 6. The Bertz CT molecular complexity index is 1050. The van der Waals surface area contributed by atoms with Crippen molar-refractivity contribution in [3.05, 3.63) is 58.6 Å². The summed E-state index contributed by atoms with van der Waals surface area (Å²) in [5.74, 6) is 5.08. The first-order valence-electron chi connectivity index (χ1n) is 8.22. The molecule has 2 aromatic rings. The molecular weight excluding hydrogens is 402 g/mol. The third-order valence-electron chi connectivity index (χ3n) is 3.70. The lowest BCUT2D eigenvalue weighted by Crippen LogP contribution is -2.14. The van der Waals surface area contributed by atoms with Crippen molar-refractivity contribution in [3.8, 4) is 11.8 Å². The van der Waals surface area contributed by atoms with E-state index < -0.39 is 10.0 Å². The number of carbonyl (C=O) groups is 2. The van der Waals surface area contributed by atoms with Gasteiger partial charge in [-0.15, -0.1) is 0 Å². The lowest BCUT2D eigenvalue weighted by Gasteiger charge is -2.10. The van der Waals surface area contributed by atoms with Crippen LogP contribution < -0.4 is 4.72 Å². The van der Waals surface area contributed by atoms with E-state index in [9.17, 15) is 18.0 Å². The smallest absolute Gasteiger partial charge is 0.306 e. The van der Waals surface area contributed by atoms with Crippen LogP contribution in [0.15, 0.2) is 47.4 Å². The molecule has 0 radical (unpaired) electrons. The number of hydrogen-bond acceptors (Lipinski definition) is 5. The van der Waals surface area contributed by atoms with E-state index in [0.717, 1.165) is 0 Å². The molecule has 0 saturated heterocycles. The van der Waals surface area contributed by atoms with Crippen LogP contribution in [0.1, 0.15) is 35.7 Å². The average molecular weight is 420 g/mol. The van der Waals surface area contributed by atoms with Crippen LogP contribution in [0, 0.1) is 11.8 Å². The number of sulfonamides is 1. The molecule has 0 fully saturated rings. The molecule has 8 heteroatoms. The van der Waals surface area contributed by atoms with Gasteiger partial charge in [-0.1, -0.05) is 35.6 Å². The van der Waals surface area contributed by atoms with Gasteiger partial charge in [-0.25, -0.2) is 8.42 Å².